The predicted octanol–water partition coefficient (Wildman–Crippen LogP) is 6.73. The number of halogens is 1. The normalized spacial score (nSPS) is 18.6. The number of nitrogens with zero attached hydrogens (tertiary/aromatic N) is 5. The lowest BCUT2D eigenvalue weighted by atomic mass is 9.99. The Balaban J connectivity index is 1.39. The van der Waals surface area contributed by atoms with Gasteiger partial charge in [0, 0.05) is 49.2 Å². The van der Waals surface area contributed by atoms with Crippen LogP contribution < -0.4 is 9.21 Å². The third-order valence-electron chi connectivity index (χ3n) is 7.03. The molecule has 3 heterocycles. The Kier molecular flexibility index (Phi) is 8.38. The fourth-order valence-corrected chi connectivity index (χ4v) is 9.08. The molecule has 0 amide bonds. The molecule has 5 rings (SSSR count). The number of thioether (sulfide) groups is 1. The molecule has 2 fully saturated rings. The second-order valence-corrected chi connectivity index (χ2v) is 15.3. The molecule has 1 aliphatic carbocycles. The lowest BCUT2D eigenvalue weighted by Gasteiger charge is -2.44. The number of piperazine rings is 1. The van der Waals surface area contributed by atoms with E-state index < -0.39 is 11.0 Å². The van der Waals surface area contributed by atoms with E-state index in [-0.39, 0.29) is 0 Å². The Hall–Kier alpha value is -2.07. The number of aryl methyl sites for hydroxylation is 1. The number of anilines is 2. The van der Waals surface area contributed by atoms with Crippen LogP contribution in [0.4, 0.5) is 11.6 Å². The number of hydrogen-bond acceptors (Lipinski definition) is 7. The second kappa shape index (κ2) is 11.6. The summed E-state index contributed by atoms with van der Waals surface area (Å²) in [5.41, 5.74) is 4.14. The highest BCUT2D eigenvalue weighted by atomic mass is 35.5. The van der Waals surface area contributed by atoms with Gasteiger partial charge >= 0.3 is 0 Å². The standard InChI is InChI=1S/C28H34ClN5OS3/c1-18(2)36-25-11-12-26(37-25)38(35)32(5)23-8-6-7-19(3)27(23)20(4)34-14-13-33(17-24(34)21-9-10-21)28-30-15-22(29)16-31-28/h6-8,11-12,15-16,18,21,24H,4,9-10,13-14,17H2,1-3,5H3. The monoisotopic (exact) mass is 587 g/mol. The average molecular weight is 588 g/mol. The lowest BCUT2D eigenvalue weighted by Crippen LogP contribution is -2.53. The van der Waals surface area contributed by atoms with Gasteiger partial charge in [-0.25, -0.2) is 14.2 Å². The van der Waals surface area contributed by atoms with Crippen molar-refractivity contribution in [2.45, 2.75) is 53.3 Å². The van der Waals surface area contributed by atoms with Crippen LogP contribution in [0.1, 0.15) is 37.8 Å². The van der Waals surface area contributed by atoms with E-state index in [0.29, 0.717) is 22.2 Å². The first-order valence-corrected chi connectivity index (χ1v) is 16.1. The van der Waals surface area contributed by atoms with Crippen molar-refractivity contribution in [2.75, 3.05) is 35.9 Å². The van der Waals surface area contributed by atoms with Crippen LogP contribution in [0.5, 0.6) is 0 Å². The van der Waals surface area contributed by atoms with E-state index in [1.165, 1.54) is 17.1 Å². The van der Waals surface area contributed by atoms with Crippen molar-refractivity contribution in [3.8, 4) is 0 Å². The summed E-state index contributed by atoms with van der Waals surface area (Å²) >= 11 is 9.44. The summed E-state index contributed by atoms with van der Waals surface area (Å²) in [6, 6.07) is 10.6. The van der Waals surface area contributed by atoms with Gasteiger partial charge in [-0.1, -0.05) is 44.2 Å². The summed E-state index contributed by atoms with van der Waals surface area (Å²) in [5.74, 6) is 1.35. The molecule has 0 spiro atoms. The van der Waals surface area contributed by atoms with Crippen LogP contribution in [0.2, 0.25) is 5.02 Å². The van der Waals surface area contributed by atoms with E-state index in [1.807, 2.05) is 23.5 Å². The molecule has 2 aliphatic rings. The Morgan fingerprint density at radius 1 is 1.21 bits per heavy atom. The number of benzene rings is 1. The Morgan fingerprint density at radius 2 is 1.95 bits per heavy atom. The van der Waals surface area contributed by atoms with E-state index in [1.54, 1.807) is 35.5 Å². The highest BCUT2D eigenvalue weighted by Gasteiger charge is 2.40. The molecule has 6 nitrogen and oxygen atoms in total. The number of aromatic nitrogens is 2. The van der Waals surface area contributed by atoms with Crippen molar-refractivity contribution in [3.63, 3.8) is 0 Å². The maximum absolute atomic E-state index is 13.7. The van der Waals surface area contributed by atoms with Crippen molar-refractivity contribution in [1.29, 1.82) is 0 Å². The van der Waals surface area contributed by atoms with Gasteiger partial charge in [-0.3, -0.25) is 4.31 Å². The van der Waals surface area contributed by atoms with Gasteiger partial charge in [-0.05, 0) is 49.4 Å². The minimum absolute atomic E-state index is 0.326. The average Bonchev–Trinajstić information content (AvgIpc) is 3.65. The minimum atomic E-state index is -1.31. The highest BCUT2D eigenvalue weighted by molar-refractivity contribution is 8.02. The summed E-state index contributed by atoms with van der Waals surface area (Å²) in [6.45, 7) is 13.6. The highest BCUT2D eigenvalue weighted by Crippen LogP contribution is 2.42. The summed E-state index contributed by atoms with van der Waals surface area (Å²) in [5, 5.41) is 1.04. The summed E-state index contributed by atoms with van der Waals surface area (Å²) in [4.78, 5) is 13.6. The first-order valence-electron chi connectivity index (χ1n) is 12.9. The zero-order valence-electron chi connectivity index (χ0n) is 22.3. The SMILES string of the molecule is C=C(c1c(C)cccc1N(C)S(=O)c1ccc(SC(C)C)s1)N1CCN(c2ncc(Cl)cn2)CC1C1CC1. The molecule has 2 atom stereocenters. The fraction of sp³-hybridized carbons (Fsp3) is 0.429. The molecule has 0 N–H and O–H groups in total. The smallest absolute Gasteiger partial charge is 0.225 e. The zero-order valence-corrected chi connectivity index (χ0v) is 25.5. The molecule has 3 aromatic rings. The number of rotatable bonds is 9. The van der Waals surface area contributed by atoms with Crippen LogP contribution in [0.25, 0.3) is 5.70 Å². The Labute approximate surface area is 241 Å². The van der Waals surface area contributed by atoms with Gasteiger partial charge in [0.25, 0.3) is 0 Å². The molecule has 1 saturated heterocycles. The van der Waals surface area contributed by atoms with Crippen LogP contribution in [0, 0.1) is 12.8 Å². The van der Waals surface area contributed by atoms with E-state index in [9.17, 15) is 4.21 Å². The minimum Gasteiger partial charge on any atom is -0.365 e. The fourth-order valence-electron chi connectivity index (χ4n) is 5.03. The summed E-state index contributed by atoms with van der Waals surface area (Å²) < 4.78 is 17.6. The van der Waals surface area contributed by atoms with E-state index in [4.69, 9.17) is 11.6 Å². The van der Waals surface area contributed by atoms with Crippen LogP contribution in [0.3, 0.4) is 0 Å². The maximum Gasteiger partial charge on any atom is 0.225 e. The largest absolute Gasteiger partial charge is 0.365 e. The predicted molar refractivity (Wildman–Crippen MR) is 163 cm³/mol. The van der Waals surface area contributed by atoms with Gasteiger partial charge in [0.15, 0.2) is 11.0 Å². The van der Waals surface area contributed by atoms with E-state index in [0.717, 1.165) is 52.3 Å². The molecule has 0 radical (unpaired) electrons. The maximum atomic E-state index is 13.7. The third-order valence-corrected chi connectivity index (χ3v) is 11.1. The van der Waals surface area contributed by atoms with E-state index in [2.05, 4.69) is 65.3 Å². The van der Waals surface area contributed by atoms with Crippen molar-refractivity contribution in [1.82, 2.24) is 14.9 Å². The first-order chi connectivity index (χ1) is 18.2. The molecule has 38 heavy (non-hydrogen) atoms. The molecule has 2 aromatic heterocycles. The molecular weight excluding hydrogens is 554 g/mol. The third kappa shape index (κ3) is 5.91. The number of thiophene rings is 1. The Bertz CT molecular complexity index is 1320. The van der Waals surface area contributed by atoms with Crippen LogP contribution in [-0.4, -0.2) is 57.1 Å². The van der Waals surface area contributed by atoms with Gasteiger partial charge in [-0.2, -0.15) is 0 Å². The molecule has 2 unspecified atom stereocenters. The molecule has 1 saturated carbocycles. The quantitative estimate of drug-likeness (QED) is 0.259. The molecule has 10 heteroatoms. The molecule has 202 valence electrons. The topological polar surface area (TPSA) is 52.6 Å². The second-order valence-electron chi connectivity index (χ2n) is 10.1. The lowest BCUT2D eigenvalue weighted by molar-refractivity contribution is 0.239. The van der Waals surface area contributed by atoms with Gasteiger partial charge < -0.3 is 9.80 Å². The first kappa shape index (κ1) is 27.5. The van der Waals surface area contributed by atoms with Crippen LogP contribution >= 0.6 is 34.7 Å². The number of hydrogen-bond donors (Lipinski definition) is 0. The Morgan fingerprint density at radius 3 is 2.63 bits per heavy atom. The van der Waals surface area contributed by atoms with Gasteiger partial charge in [-0.15, -0.1) is 23.1 Å². The molecule has 1 aliphatic heterocycles. The summed E-state index contributed by atoms with van der Waals surface area (Å²) in [7, 11) is 0.614. The zero-order chi connectivity index (χ0) is 27.0. The molecular formula is C28H34ClN5OS3. The molecule has 1 aromatic carbocycles. The van der Waals surface area contributed by atoms with Crippen molar-refractivity contribution >= 4 is 63.0 Å². The summed E-state index contributed by atoms with van der Waals surface area (Å²) in [6.07, 6.45) is 5.77. The van der Waals surface area contributed by atoms with Crippen molar-refractivity contribution < 1.29 is 4.21 Å². The van der Waals surface area contributed by atoms with Crippen molar-refractivity contribution in [2.24, 2.45) is 5.92 Å². The van der Waals surface area contributed by atoms with E-state index >= 15 is 0 Å². The van der Waals surface area contributed by atoms with Gasteiger partial charge in [0.05, 0.1) is 27.3 Å². The molecule has 0 bridgehead atoms. The van der Waals surface area contributed by atoms with Crippen molar-refractivity contribution in [3.05, 3.63) is 65.5 Å². The van der Waals surface area contributed by atoms with Crippen LogP contribution in [0.15, 0.2) is 57.7 Å². The van der Waals surface area contributed by atoms with Crippen LogP contribution in [-0.2, 0) is 11.0 Å². The van der Waals surface area contributed by atoms with Gasteiger partial charge in [0.1, 0.15) is 4.21 Å². The van der Waals surface area contributed by atoms with Gasteiger partial charge in [0.2, 0.25) is 5.95 Å².